The van der Waals surface area contributed by atoms with Gasteiger partial charge < -0.3 is 33.7 Å². The fourth-order valence-electron chi connectivity index (χ4n) is 3.40. The highest BCUT2D eigenvalue weighted by molar-refractivity contribution is 5.83. The third-order valence-corrected chi connectivity index (χ3v) is 6.02. The minimum Gasteiger partial charge on any atom is -0.504 e. The Balaban J connectivity index is 0.000000213. The van der Waals surface area contributed by atoms with E-state index in [2.05, 4.69) is 0 Å². The number of nitrogens with zero attached hydrogens (tertiary/aromatic N) is 1. The van der Waals surface area contributed by atoms with E-state index >= 15 is 0 Å². The summed E-state index contributed by atoms with van der Waals surface area (Å²) in [5.74, 6) is 3.42. The van der Waals surface area contributed by atoms with Crippen LogP contribution < -0.4 is 23.7 Å². The molecule has 0 saturated heterocycles. The first-order valence-corrected chi connectivity index (χ1v) is 12.5. The Labute approximate surface area is 218 Å². The largest absolute Gasteiger partial charge is 0.504 e. The van der Waals surface area contributed by atoms with Gasteiger partial charge in [-0.25, -0.2) is 0 Å². The highest BCUT2D eigenvalue weighted by Gasteiger charge is 2.25. The van der Waals surface area contributed by atoms with Crippen molar-refractivity contribution in [1.82, 2.24) is 4.90 Å². The zero-order valence-corrected chi connectivity index (χ0v) is 22.0. The number of ether oxygens (including phenoxy) is 5. The highest BCUT2D eigenvalue weighted by Crippen LogP contribution is 2.41. The predicted molar refractivity (Wildman–Crippen MR) is 139 cm³/mol. The number of aromatic hydroxyl groups is 1. The van der Waals surface area contributed by atoms with Crippen molar-refractivity contribution in [2.45, 2.75) is 25.7 Å². The molecule has 2 aromatic carbocycles. The molecule has 1 N–H and O–H groups in total. The van der Waals surface area contributed by atoms with Gasteiger partial charge in [-0.3, -0.25) is 9.59 Å². The second-order valence-electron chi connectivity index (χ2n) is 9.45. The van der Waals surface area contributed by atoms with Crippen LogP contribution in [0, 0.1) is 11.8 Å². The lowest BCUT2D eigenvalue weighted by Gasteiger charge is -2.17. The minimum absolute atomic E-state index is 0.161. The van der Waals surface area contributed by atoms with Crippen molar-refractivity contribution >= 4 is 12.6 Å². The van der Waals surface area contributed by atoms with Crippen LogP contribution in [0.25, 0.3) is 0 Å². The number of rotatable bonds is 14. The summed E-state index contributed by atoms with van der Waals surface area (Å²) in [6.07, 6.45) is 6.20. The van der Waals surface area contributed by atoms with Crippen molar-refractivity contribution in [2.24, 2.45) is 11.8 Å². The van der Waals surface area contributed by atoms with Gasteiger partial charge in [0.1, 0.15) is 6.61 Å². The summed E-state index contributed by atoms with van der Waals surface area (Å²) >= 11 is 0. The van der Waals surface area contributed by atoms with Crippen molar-refractivity contribution in [3.63, 3.8) is 0 Å². The van der Waals surface area contributed by atoms with E-state index in [0.717, 1.165) is 12.8 Å². The molecule has 0 radical (unpaired) electrons. The Hall–Kier alpha value is -3.46. The maximum Gasteiger partial charge on any atom is 0.204 e. The number of phenols is 1. The van der Waals surface area contributed by atoms with Crippen LogP contribution in [0.3, 0.4) is 0 Å². The molecule has 202 valence electrons. The summed E-state index contributed by atoms with van der Waals surface area (Å²) in [5.41, 5.74) is 0.681. The molecule has 37 heavy (non-hydrogen) atoms. The lowest BCUT2D eigenvalue weighted by Crippen LogP contribution is -2.20. The minimum atomic E-state index is -0.161. The Bertz CT molecular complexity index is 1050. The first-order valence-electron chi connectivity index (χ1n) is 12.5. The number of hydrogen-bond acceptors (Lipinski definition) is 9. The van der Waals surface area contributed by atoms with Crippen LogP contribution in [0.2, 0.25) is 0 Å². The van der Waals surface area contributed by atoms with Gasteiger partial charge in [0.05, 0.1) is 38.6 Å². The van der Waals surface area contributed by atoms with E-state index in [0.29, 0.717) is 66.5 Å². The van der Waals surface area contributed by atoms with Gasteiger partial charge in [0.15, 0.2) is 35.6 Å². The van der Waals surface area contributed by atoms with E-state index in [4.69, 9.17) is 23.7 Å². The third kappa shape index (κ3) is 8.28. The number of phenolic OH excluding ortho intramolecular Hbond substituents is 1. The van der Waals surface area contributed by atoms with Crippen molar-refractivity contribution in [3.8, 4) is 34.5 Å². The monoisotopic (exact) mass is 515 g/mol. The lowest BCUT2D eigenvalue weighted by molar-refractivity contribution is 0.111. The van der Waals surface area contributed by atoms with Crippen molar-refractivity contribution in [1.29, 1.82) is 0 Å². The molecule has 2 aliphatic carbocycles. The van der Waals surface area contributed by atoms with Crippen molar-refractivity contribution in [2.75, 3.05) is 54.7 Å². The standard InChI is InChI=1S/C16H23NO4.C12H14O4/c1-17(2)8-9-20-15-13(10-18)6-7-14(16(15)19-3)21-11-12-4-5-12;1-15-12-10(16-7-8-2-3-8)5-4-9(6-13)11(12)14/h6-7,10,12H,4-5,8-9,11H2,1-3H3;4-6,8,14H,2-3,7H2,1H3. The number of likely N-dealkylation sites (N-methyl/N-ethyl adjacent to an activating group) is 1. The Morgan fingerprint density at radius 1 is 0.784 bits per heavy atom. The van der Waals surface area contributed by atoms with Gasteiger partial charge in [-0.1, -0.05) is 0 Å². The van der Waals surface area contributed by atoms with Crippen LogP contribution in [0.1, 0.15) is 46.4 Å². The summed E-state index contributed by atoms with van der Waals surface area (Å²) in [6, 6.07) is 6.64. The van der Waals surface area contributed by atoms with Crippen molar-refractivity contribution < 1.29 is 38.4 Å². The first-order chi connectivity index (χ1) is 17.9. The molecular formula is C28H37NO8. The van der Waals surface area contributed by atoms with Gasteiger partial charge in [-0.05, 0) is 75.9 Å². The number of hydrogen-bond donors (Lipinski definition) is 1. The number of methoxy groups -OCH3 is 2. The molecule has 2 aliphatic rings. The summed E-state index contributed by atoms with van der Waals surface area (Å²) in [5, 5.41) is 9.71. The molecule has 2 saturated carbocycles. The molecule has 0 spiro atoms. The summed E-state index contributed by atoms with van der Waals surface area (Å²) in [6.45, 7) is 2.56. The molecule has 4 rings (SSSR count). The van der Waals surface area contributed by atoms with Gasteiger partial charge in [0.2, 0.25) is 11.5 Å². The molecular weight excluding hydrogens is 478 g/mol. The van der Waals surface area contributed by atoms with Gasteiger partial charge >= 0.3 is 0 Å². The van der Waals surface area contributed by atoms with Crippen LogP contribution in [-0.2, 0) is 0 Å². The molecule has 0 amide bonds. The fourth-order valence-corrected chi connectivity index (χ4v) is 3.40. The topological polar surface area (TPSA) is 104 Å². The zero-order chi connectivity index (χ0) is 26.8. The second kappa shape index (κ2) is 13.7. The summed E-state index contributed by atoms with van der Waals surface area (Å²) in [7, 11) is 6.94. The van der Waals surface area contributed by atoms with Crippen LogP contribution >= 0.6 is 0 Å². The Morgan fingerprint density at radius 3 is 1.76 bits per heavy atom. The van der Waals surface area contributed by atoms with Gasteiger partial charge in [-0.15, -0.1) is 0 Å². The van der Waals surface area contributed by atoms with E-state index in [1.165, 1.54) is 38.9 Å². The van der Waals surface area contributed by atoms with Crippen LogP contribution in [0.4, 0.5) is 0 Å². The van der Waals surface area contributed by atoms with Crippen molar-refractivity contribution in [3.05, 3.63) is 35.4 Å². The van der Waals surface area contributed by atoms with Gasteiger partial charge in [0, 0.05) is 6.54 Å². The Kier molecular flexibility index (Phi) is 10.4. The fraction of sp³-hybridized carbons (Fsp3) is 0.500. The quantitative estimate of drug-likeness (QED) is 0.370. The zero-order valence-electron chi connectivity index (χ0n) is 22.0. The van der Waals surface area contributed by atoms with Gasteiger partial charge in [0.25, 0.3) is 0 Å². The van der Waals surface area contributed by atoms with E-state index in [1.54, 1.807) is 25.3 Å². The molecule has 9 nitrogen and oxygen atoms in total. The molecule has 2 fully saturated rings. The molecule has 9 heteroatoms. The lowest BCUT2D eigenvalue weighted by atomic mass is 10.2. The van der Waals surface area contributed by atoms with Gasteiger partial charge in [-0.2, -0.15) is 0 Å². The predicted octanol–water partition coefficient (Wildman–Crippen LogP) is 4.24. The van der Waals surface area contributed by atoms with E-state index in [9.17, 15) is 14.7 Å². The SMILES string of the molecule is COc1c(OCC2CC2)ccc(C=O)c1O.COc1c(OCC2CC2)ccc(C=O)c1OCCN(C)C. The second-order valence-corrected chi connectivity index (χ2v) is 9.45. The smallest absolute Gasteiger partial charge is 0.204 e. The van der Waals surface area contributed by atoms with Crippen LogP contribution in [0.5, 0.6) is 34.5 Å². The molecule has 0 unspecified atom stereocenters. The number of carbonyl (C=O) groups is 2. The highest BCUT2D eigenvalue weighted by atomic mass is 16.5. The summed E-state index contributed by atoms with van der Waals surface area (Å²) < 4.78 is 27.5. The number of benzene rings is 2. The number of aldehydes is 2. The summed E-state index contributed by atoms with van der Waals surface area (Å²) in [4.78, 5) is 23.8. The molecule has 0 atom stereocenters. The average Bonchev–Trinajstić information content (AvgIpc) is 3.82. The van der Waals surface area contributed by atoms with Crippen LogP contribution in [0.15, 0.2) is 24.3 Å². The average molecular weight is 516 g/mol. The number of carbonyl (C=O) groups excluding carboxylic acids is 2. The maximum absolute atomic E-state index is 11.2. The third-order valence-electron chi connectivity index (χ3n) is 6.02. The molecule has 0 heterocycles. The van der Waals surface area contributed by atoms with Crippen LogP contribution in [-0.4, -0.2) is 77.3 Å². The molecule has 0 aromatic heterocycles. The molecule has 2 aromatic rings. The molecule has 0 aliphatic heterocycles. The van der Waals surface area contributed by atoms with E-state index in [1.807, 2.05) is 19.0 Å². The maximum atomic E-state index is 11.2. The van der Waals surface area contributed by atoms with E-state index in [-0.39, 0.29) is 17.1 Å². The Morgan fingerprint density at radius 2 is 1.30 bits per heavy atom. The normalized spacial score (nSPS) is 14.3. The molecule has 0 bridgehead atoms. The van der Waals surface area contributed by atoms with E-state index < -0.39 is 0 Å². The first kappa shape index (κ1) is 28.1.